The van der Waals surface area contributed by atoms with Gasteiger partial charge in [-0.2, -0.15) is 15.3 Å². The smallest absolute Gasteiger partial charge is 0.269 e. The number of fused-ring (bicyclic) bond motifs is 1. The Kier molecular flexibility index (Phi) is 7.02. The molecule has 0 aliphatic heterocycles. The second-order valence-electron chi connectivity index (χ2n) is 7.43. The molecule has 174 valence electrons. The molecule has 10 heteroatoms. The third-order valence-corrected chi connectivity index (χ3v) is 4.95. The topological polar surface area (TPSA) is 142 Å². The molecule has 0 fully saturated rings. The summed E-state index contributed by atoms with van der Waals surface area (Å²) in [6, 6.07) is 23.9. The van der Waals surface area contributed by atoms with E-state index in [1.165, 1.54) is 42.6 Å². The number of hydrogen-bond donors (Lipinski definition) is 3. The Balaban J connectivity index is 1.33. The van der Waals surface area contributed by atoms with Crippen molar-refractivity contribution in [2.75, 3.05) is 11.9 Å². The second kappa shape index (κ2) is 10.7. The summed E-state index contributed by atoms with van der Waals surface area (Å²) < 4.78 is 0. The number of non-ortho nitro benzene ring substituents is 1. The number of aromatic hydroxyl groups is 1. The molecule has 0 radical (unpaired) electrons. The minimum Gasteiger partial charge on any atom is -0.507 e. The summed E-state index contributed by atoms with van der Waals surface area (Å²) in [5.41, 5.74) is 4.36. The Hall–Kier alpha value is -5.12. The van der Waals surface area contributed by atoms with E-state index in [1.54, 1.807) is 6.07 Å². The number of azo groups is 1. The van der Waals surface area contributed by atoms with Crippen molar-refractivity contribution < 1.29 is 14.8 Å². The maximum atomic E-state index is 12.1. The number of amides is 1. The van der Waals surface area contributed by atoms with E-state index >= 15 is 0 Å². The molecule has 4 aromatic rings. The second-order valence-corrected chi connectivity index (χ2v) is 7.43. The Morgan fingerprint density at radius 3 is 2.40 bits per heavy atom. The molecule has 0 aliphatic carbocycles. The van der Waals surface area contributed by atoms with Crippen molar-refractivity contribution in [2.45, 2.75) is 0 Å². The maximum absolute atomic E-state index is 12.1. The highest BCUT2D eigenvalue weighted by Crippen LogP contribution is 2.25. The van der Waals surface area contributed by atoms with Crippen molar-refractivity contribution in [3.8, 4) is 5.75 Å². The monoisotopic (exact) mass is 468 g/mol. The molecule has 35 heavy (non-hydrogen) atoms. The lowest BCUT2D eigenvalue weighted by atomic mass is 10.1. The van der Waals surface area contributed by atoms with Gasteiger partial charge < -0.3 is 10.4 Å². The predicted molar refractivity (Wildman–Crippen MR) is 134 cm³/mol. The van der Waals surface area contributed by atoms with Crippen LogP contribution in [0.2, 0.25) is 0 Å². The molecule has 0 saturated carbocycles. The molecule has 0 unspecified atom stereocenters. The Labute approximate surface area is 199 Å². The van der Waals surface area contributed by atoms with Gasteiger partial charge >= 0.3 is 0 Å². The summed E-state index contributed by atoms with van der Waals surface area (Å²) in [6.45, 7) is 0.0190. The lowest BCUT2D eigenvalue weighted by molar-refractivity contribution is -0.384. The first-order valence-corrected chi connectivity index (χ1v) is 10.5. The van der Waals surface area contributed by atoms with Crippen LogP contribution in [0.15, 0.2) is 100 Å². The number of carbonyl (C=O) groups excluding carboxylic acids is 1. The number of nitro benzene ring substituents is 1. The molecule has 0 aliphatic rings. The Morgan fingerprint density at radius 2 is 1.63 bits per heavy atom. The predicted octanol–water partition coefficient (Wildman–Crippen LogP) is 5.43. The van der Waals surface area contributed by atoms with Crippen LogP contribution in [0, 0.1) is 10.1 Å². The van der Waals surface area contributed by atoms with Crippen molar-refractivity contribution >= 4 is 45.6 Å². The minimum absolute atomic E-state index is 0.0190. The zero-order valence-electron chi connectivity index (χ0n) is 18.3. The van der Waals surface area contributed by atoms with Gasteiger partial charge in [0.25, 0.3) is 11.6 Å². The van der Waals surface area contributed by atoms with Gasteiger partial charge in [-0.3, -0.25) is 14.9 Å². The Bertz CT molecular complexity index is 1430. The number of carbonyl (C=O) groups is 1. The van der Waals surface area contributed by atoms with E-state index < -0.39 is 4.92 Å². The zero-order valence-corrected chi connectivity index (χ0v) is 18.3. The number of phenols is 1. The van der Waals surface area contributed by atoms with Crippen molar-refractivity contribution in [1.29, 1.82) is 0 Å². The van der Waals surface area contributed by atoms with Crippen LogP contribution in [0.25, 0.3) is 10.8 Å². The van der Waals surface area contributed by atoms with Gasteiger partial charge in [-0.1, -0.05) is 30.3 Å². The normalized spacial score (nSPS) is 11.2. The molecule has 4 rings (SSSR count). The van der Waals surface area contributed by atoms with Crippen LogP contribution >= 0.6 is 0 Å². The van der Waals surface area contributed by atoms with Crippen LogP contribution in [0.4, 0.5) is 22.7 Å². The maximum Gasteiger partial charge on any atom is 0.269 e. The summed E-state index contributed by atoms with van der Waals surface area (Å²) in [7, 11) is 0. The molecular formula is C25H20N6O4. The van der Waals surface area contributed by atoms with Crippen LogP contribution in [0.1, 0.15) is 5.56 Å². The van der Waals surface area contributed by atoms with Gasteiger partial charge in [0.15, 0.2) is 0 Å². The van der Waals surface area contributed by atoms with E-state index in [-0.39, 0.29) is 23.9 Å². The van der Waals surface area contributed by atoms with Crippen LogP contribution in [-0.4, -0.2) is 28.7 Å². The largest absolute Gasteiger partial charge is 0.507 e. The first kappa shape index (κ1) is 23.1. The van der Waals surface area contributed by atoms with Crippen molar-refractivity contribution in [3.63, 3.8) is 0 Å². The number of nitrogens with one attached hydrogen (secondary N) is 2. The highest BCUT2D eigenvalue weighted by Gasteiger charge is 2.05. The van der Waals surface area contributed by atoms with E-state index in [0.717, 1.165) is 16.5 Å². The number of hydrogen-bond acceptors (Lipinski definition) is 8. The average molecular weight is 468 g/mol. The fraction of sp³-hybridized carbons (Fsp3) is 0.0400. The molecule has 0 heterocycles. The summed E-state index contributed by atoms with van der Waals surface area (Å²) >= 11 is 0. The van der Waals surface area contributed by atoms with Gasteiger partial charge in [-0.05, 0) is 53.2 Å². The number of anilines is 1. The quantitative estimate of drug-likeness (QED) is 0.137. The fourth-order valence-corrected chi connectivity index (χ4v) is 3.16. The highest BCUT2D eigenvalue weighted by atomic mass is 16.6. The summed E-state index contributed by atoms with van der Waals surface area (Å²) in [5.74, 6) is -0.408. The third-order valence-electron chi connectivity index (χ3n) is 4.95. The molecule has 0 spiro atoms. The highest BCUT2D eigenvalue weighted by molar-refractivity contribution is 5.88. The summed E-state index contributed by atoms with van der Waals surface area (Å²) in [4.78, 5) is 22.3. The SMILES string of the molecule is O=C(CNc1ccc2ccccc2c1)N/N=C\c1cc(N=Nc2ccc([N+](=O)[O-])cc2)ccc1O. The molecule has 4 aromatic carbocycles. The van der Waals surface area contributed by atoms with Gasteiger partial charge in [-0.25, -0.2) is 5.43 Å². The lowest BCUT2D eigenvalue weighted by Crippen LogP contribution is -2.25. The van der Waals surface area contributed by atoms with E-state index in [0.29, 0.717) is 16.9 Å². The first-order valence-electron chi connectivity index (χ1n) is 10.5. The zero-order chi connectivity index (χ0) is 24.6. The third kappa shape index (κ3) is 6.23. The van der Waals surface area contributed by atoms with Crippen LogP contribution in [0.3, 0.4) is 0 Å². The van der Waals surface area contributed by atoms with Crippen molar-refractivity contribution in [2.24, 2.45) is 15.3 Å². The van der Waals surface area contributed by atoms with Gasteiger partial charge in [0.05, 0.1) is 29.1 Å². The average Bonchev–Trinajstić information content (AvgIpc) is 2.88. The van der Waals surface area contributed by atoms with E-state index in [4.69, 9.17) is 0 Å². The molecule has 0 bridgehead atoms. The van der Waals surface area contributed by atoms with E-state index in [2.05, 4.69) is 26.1 Å². The number of nitro groups is 1. The van der Waals surface area contributed by atoms with Crippen LogP contribution in [0.5, 0.6) is 5.75 Å². The molecule has 1 amide bonds. The van der Waals surface area contributed by atoms with Gasteiger partial charge in [-0.15, -0.1) is 0 Å². The first-order chi connectivity index (χ1) is 17.0. The van der Waals surface area contributed by atoms with Crippen molar-refractivity contribution in [3.05, 3.63) is 101 Å². The van der Waals surface area contributed by atoms with Gasteiger partial charge in [0.1, 0.15) is 5.75 Å². The van der Waals surface area contributed by atoms with Gasteiger partial charge in [0.2, 0.25) is 0 Å². The van der Waals surface area contributed by atoms with Crippen LogP contribution < -0.4 is 10.7 Å². The van der Waals surface area contributed by atoms with Crippen molar-refractivity contribution in [1.82, 2.24) is 5.43 Å². The molecule has 0 saturated heterocycles. The fourth-order valence-electron chi connectivity index (χ4n) is 3.16. The number of benzene rings is 4. The molecule has 0 atom stereocenters. The summed E-state index contributed by atoms with van der Waals surface area (Å²) in [6.07, 6.45) is 1.30. The van der Waals surface area contributed by atoms with E-state index in [1.807, 2.05) is 42.5 Å². The number of rotatable bonds is 8. The standard InChI is InChI=1S/C25H20N6O4/c32-24-12-9-22(29-28-20-7-10-23(11-8-20)31(34)35)14-19(24)15-27-30-25(33)16-26-21-6-5-17-3-1-2-4-18(17)13-21/h1-15,26,32H,16H2,(H,30,33)/b27-15-,29-28?. The minimum atomic E-state index is -0.495. The molecule has 0 aromatic heterocycles. The summed E-state index contributed by atoms with van der Waals surface area (Å²) in [5, 5.41) is 38.0. The van der Waals surface area contributed by atoms with E-state index in [9.17, 15) is 20.0 Å². The number of phenolic OH excluding ortho intramolecular Hbond substituents is 1. The number of hydrazone groups is 1. The molecule has 10 nitrogen and oxygen atoms in total. The van der Waals surface area contributed by atoms with Gasteiger partial charge in [0, 0.05) is 23.4 Å². The molecule has 3 N–H and O–H groups in total. The molecular weight excluding hydrogens is 448 g/mol. The number of nitrogens with zero attached hydrogens (tertiary/aromatic N) is 4. The Morgan fingerprint density at radius 1 is 0.914 bits per heavy atom. The van der Waals surface area contributed by atoms with Crippen LogP contribution in [-0.2, 0) is 4.79 Å². The lowest BCUT2D eigenvalue weighted by Gasteiger charge is -2.07.